The van der Waals surface area contributed by atoms with E-state index >= 15 is 0 Å². The third-order valence-corrected chi connectivity index (χ3v) is 10.0. The number of anilines is 1. The molecule has 4 heterocycles. The van der Waals surface area contributed by atoms with Crippen LogP contribution in [0.2, 0.25) is 0 Å². The zero-order chi connectivity index (χ0) is 41.6. The standard InChI is InChI=1S/C41H44N10O7S/c1-40(2,3)57-39(55)47-38-45-31(25-59-38)33(49-58-41(17-18-41)37(54)56-34(27-13-7-5-8-14-27)28-15-9-6-10-16-28)36(53)46-32-30(44-35(32)52)24-51-43-22-29(48-51)21-42-20-26-12-11-19-50(4)23-26/h5-16,19,22-23,25,30,32,34,42H,17-18,20-21,24H2,1-4H3,(H2-,44,45,46,47,52,53,55)/p+1/t30-,32+/m1/s1. The Morgan fingerprint density at radius 1 is 1.03 bits per heavy atom. The molecule has 0 radical (unpaired) electrons. The molecule has 2 aromatic carbocycles. The molecule has 5 aromatic rings. The Labute approximate surface area is 344 Å². The number of β-lactam (4-membered cyclic amide) rings is 1. The molecule has 3 aromatic heterocycles. The zero-order valence-electron chi connectivity index (χ0n) is 33.0. The van der Waals surface area contributed by atoms with E-state index in [1.54, 1.807) is 27.0 Å². The molecule has 1 aliphatic heterocycles. The molecule has 2 atom stereocenters. The van der Waals surface area contributed by atoms with Gasteiger partial charge in [-0.15, -0.1) is 11.3 Å². The van der Waals surface area contributed by atoms with Gasteiger partial charge in [-0.2, -0.15) is 15.0 Å². The van der Waals surface area contributed by atoms with Gasteiger partial charge in [0.05, 0.1) is 24.5 Å². The van der Waals surface area contributed by atoms with Gasteiger partial charge >= 0.3 is 12.1 Å². The zero-order valence-corrected chi connectivity index (χ0v) is 33.8. The first-order valence-corrected chi connectivity index (χ1v) is 19.9. The summed E-state index contributed by atoms with van der Waals surface area (Å²) >= 11 is 1.02. The normalized spacial score (nSPS) is 17.0. The number of ether oxygens (including phenoxy) is 2. The number of thiazole rings is 1. The highest BCUT2D eigenvalue weighted by molar-refractivity contribution is 7.14. The molecular weight excluding hydrogens is 777 g/mol. The summed E-state index contributed by atoms with van der Waals surface area (Å²) in [7, 11) is 1.96. The van der Waals surface area contributed by atoms with E-state index in [1.165, 1.54) is 10.2 Å². The Bertz CT molecular complexity index is 2280. The lowest BCUT2D eigenvalue weighted by Crippen LogP contribution is -2.70. The van der Waals surface area contributed by atoms with Crippen LogP contribution in [0.1, 0.15) is 67.8 Å². The van der Waals surface area contributed by atoms with Gasteiger partial charge in [-0.1, -0.05) is 65.8 Å². The fraction of sp³-hybridized carbons (Fsp3) is 0.341. The lowest BCUT2D eigenvalue weighted by Gasteiger charge is -2.36. The number of hydrogen-bond donors (Lipinski definition) is 4. The Balaban J connectivity index is 1.05. The predicted octanol–water partition coefficient (Wildman–Crippen LogP) is 3.47. The molecular formula is C41H45N10O7S+. The van der Waals surface area contributed by atoms with Gasteiger partial charge in [-0.25, -0.2) is 19.1 Å². The van der Waals surface area contributed by atoms with Crippen molar-refractivity contribution in [2.24, 2.45) is 12.2 Å². The van der Waals surface area contributed by atoms with Crippen LogP contribution in [0.4, 0.5) is 9.93 Å². The summed E-state index contributed by atoms with van der Waals surface area (Å²) < 4.78 is 13.4. The van der Waals surface area contributed by atoms with E-state index in [1.807, 2.05) is 96.8 Å². The maximum Gasteiger partial charge on any atom is 0.413 e. The van der Waals surface area contributed by atoms with E-state index in [0.29, 0.717) is 18.8 Å². The third kappa shape index (κ3) is 10.5. The highest BCUT2D eigenvalue weighted by atomic mass is 32.1. The number of benzene rings is 2. The number of amides is 3. The van der Waals surface area contributed by atoms with Gasteiger partial charge in [-0.05, 0) is 38.0 Å². The average molecular weight is 822 g/mol. The number of esters is 1. The monoisotopic (exact) mass is 821 g/mol. The maximum atomic E-state index is 14.0. The number of aromatic nitrogens is 5. The van der Waals surface area contributed by atoms with Crippen molar-refractivity contribution in [2.45, 2.75) is 82.6 Å². The molecule has 17 nitrogen and oxygen atoms in total. The van der Waals surface area contributed by atoms with Crippen molar-refractivity contribution in [1.29, 1.82) is 0 Å². The molecule has 7 rings (SSSR count). The number of rotatable bonds is 16. The van der Waals surface area contributed by atoms with Gasteiger partial charge in [0.15, 0.2) is 29.3 Å². The minimum absolute atomic E-state index is 0.0283. The van der Waals surface area contributed by atoms with Crippen molar-refractivity contribution in [2.75, 3.05) is 5.32 Å². The second kappa shape index (κ2) is 17.5. The predicted molar refractivity (Wildman–Crippen MR) is 214 cm³/mol. The molecule has 0 unspecified atom stereocenters. The van der Waals surface area contributed by atoms with Crippen molar-refractivity contribution in [1.82, 2.24) is 35.9 Å². The lowest BCUT2D eigenvalue weighted by molar-refractivity contribution is -0.671. The summed E-state index contributed by atoms with van der Waals surface area (Å²) in [6.07, 6.45) is 4.74. The van der Waals surface area contributed by atoms with Crippen molar-refractivity contribution in [3.8, 4) is 0 Å². The number of pyridine rings is 1. The summed E-state index contributed by atoms with van der Waals surface area (Å²) in [6.45, 7) is 6.47. The first-order chi connectivity index (χ1) is 28.3. The minimum Gasteiger partial charge on any atom is -0.450 e. The molecule has 1 aliphatic carbocycles. The smallest absolute Gasteiger partial charge is 0.413 e. The lowest BCUT2D eigenvalue weighted by atomic mass is 9.98. The van der Waals surface area contributed by atoms with Crippen LogP contribution in [-0.4, -0.2) is 72.9 Å². The topological polar surface area (TPSA) is 204 Å². The number of nitrogens with zero attached hydrogens (tertiary/aromatic N) is 6. The fourth-order valence-corrected chi connectivity index (χ4v) is 6.83. The van der Waals surface area contributed by atoms with Crippen LogP contribution in [0, 0.1) is 0 Å². The van der Waals surface area contributed by atoms with Crippen LogP contribution in [0.25, 0.3) is 0 Å². The second-order valence-corrected chi connectivity index (χ2v) is 16.1. The average Bonchev–Trinajstić information content (AvgIpc) is 3.64. The Morgan fingerprint density at radius 3 is 2.39 bits per heavy atom. The first kappa shape index (κ1) is 40.7. The van der Waals surface area contributed by atoms with E-state index in [4.69, 9.17) is 14.3 Å². The Kier molecular flexibility index (Phi) is 12.1. The first-order valence-electron chi connectivity index (χ1n) is 19.0. The van der Waals surface area contributed by atoms with Gasteiger partial charge in [-0.3, -0.25) is 14.9 Å². The quantitative estimate of drug-likeness (QED) is 0.0373. The molecule has 59 heavy (non-hydrogen) atoms. The number of aryl methyl sites for hydroxylation is 1. The number of oxime groups is 1. The van der Waals surface area contributed by atoms with E-state index in [-0.39, 0.29) is 35.9 Å². The van der Waals surface area contributed by atoms with E-state index in [9.17, 15) is 19.2 Å². The number of hydrogen-bond acceptors (Lipinski definition) is 13. The highest BCUT2D eigenvalue weighted by Gasteiger charge is 2.56. The molecule has 3 amide bonds. The van der Waals surface area contributed by atoms with Crippen LogP contribution in [0.5, 0.6) is 0 Å². The minimum atomic E-state index is -1.46. The van der Waals surface area contributed by atoms with Crippen molar-refractivity contribution in [3.05, 3.63) is 125 Å². The van der Waals surface area contributed by atoms with Gasteiger partial charge < -0.3 is 30.3 Å². The number of carbonyl (C=O) groups is 4. The summed E-state index contributed by atoms with van der Waals surface area (Å²) in [6, 6.07) is 21.1. The summed E-state index contributed by atoms with van der Waals surface area (Å²) in [5, 5.41) is 26.1. The van der Waals surface area contributed by atoms with Crippen LogP contribution < -0.4 is 25.8 Å². The van der Waals surface area contributed by atoms with E-state index in [2.05, 4.69) is 41.6 Å². The van der Waals surface area contributed by atoms with Crippen molar-refractivity contribution >= 4 is 46.1 Å². The van der Waals surface area contributed by atoms with E-state index < -0.39 is 53.3 Å². The largest absolute Gasteiger partial charge is 0.450 e. The Hall–Kier alpha value is -6.53. The van der Waals surface area contributed by atoms with Crippen molar-refractivity contribution < 1.29 is 38.1 Å². The molecule has 0 spiro atoms. The summed E-state index contributed by atoms with van der Waals surface area (Å²) in [5.74, 6) is -1.88. The molecule has 2 fully saturated rings. The molecule has 2 aliphatic rings. The SMILES string of the molecule is C[n+]1cccc(CNCc2cnn(C[C@H]3NC(=O)[C@H]3NC(=O)C(=NOC3(C(=O)OC(c4ccccc4)c4ccccc4)CC3)c3csc(NC(=O)OC(C)(C)C)n3)n2)c1. The van der Waals surface area contributed by atoms with E-state index in [0.717, 1.165) is 28.0 Å². The molecule has 1 saturated carbocycles. The molecule has 4 N–H and O–H groups in total. The third-order valence-electron chi connectivity index (χ3n) is 9.27. The molecule has 306 valence electrons. The summed E-state index contributed by atoms with van der Waals surface area (Å²) in [4.78, 5) is 64.9. The van der Waals surface area contributed by atoms with Gasteiger partial charge in [0.25, 0.3) is 5.91 Å². The van der Waals surface area contributed by atoms with Crippen LogP contribution >= 0.6 is 11.3 Å². The van der Waals surface area contributed by atoms with Crippen molar-refractivity contribution in [3.63, 3.8) is 0 Å². The van der Waals surface area contributed by atoms with Crippen LogP contribution in [0.3, 0.4) is 0 Å². The van der Waals surface area contributed by atoms with Gasteiger partial charge in [0.2, 0.25) is 11.5 Å². The number of nitrogens with one attached hydrogen (secondary N) is 4. The molecule has 1 saturated heterocycles. The van der Waals surface area contributed by atoms with Crippen LogP contribution in [0.15, 0.2) is 102 Å². The highest BCUT2D eigenvalue weighted by Crippen LogP contribution is 2.43. The maximum absolute atomic E-state index is 14.0. The van der Waals surface area contributed by atoms with Gasteiger partial charge in [0.1, 0.15) is 24.4 Å². The van der Waals surface area contributed by atoms with Crippen LogP contribution in [-0.2, 0) is 55.4 Å². The van der Waals surface area contributed by atoms with Gasteiger partial charge in [0, 0.05) is 42.9 Å². The Morgan fingerprint density at radius 2 is 1.75 bits per heavy atom. The fourth-order valence-electron chi connectivity index (χ4n) is 6.15. The number of carbonyl (C=O) groups excluding carboxylic acids is 4. The molecule has 0 bridgehead atoms. The second-order valence-electron chi connectivity index (χ2n) is 15.2. The summed E-state index contributed by atoms with van der Waals surface area (Å²) in [5.41, 5.74) is 0.833. The molecule has 18 heteroatoms.